The van der Waals surface area contributed by atoms with Crippen LogP contribution in [0.1, 0.15) is 11.1 Å². The first-order valence-electron chi connectivity index (χ1n) is 6.42. The maximum absolute atomic E-state index is 13.4. The second-order valence-corrected chi connectivity index (χ2v) is 4.63. The van der Waals surface area contributed by atoms with E-state index in [9.17, 15) is 13.6 Å². The number of hydrogen-bond acceptors (Lipinski definition) is 2. The number of nitrogens with one attached hydrogen (secondary N) is 1. The molecule has 0 saturated heterocycles. The van der Waals surface area contributed by atoms with Crippen molar-refractivity contribution in [1.29, 1.82) is 0 Å². The van der Waals surface area contributed by atoms with Crippen LogP contribution in [0.25, 0.3) is 0 Å². The van der Waals surface area contributed by atoms with E-state index in [-0.39, 0.29) is 6.61 Å². The Morgan fingerprint density at radius 2 is 1.71 bits per heavy atom. The minimum atomic E-state index is -0.824. The number of carbonyl (C=O) groups is 1. The van der Waals surface area contributed by atoms with Crippen molar-refractivity contribution in [1.82, 2.24) is 0 Å². The molecule has 0 atom stereocenters. The number of ether oxygens (including phenoxy) is 1. The third-order valence-corrected chi connectivity index (χ3v) is 3.14. The summed E-state index contributed by atoms with van der Waals surface area (Å²) >= 11 is 0. The van der Waals surface area contributed by atoms with Crippen molar-refractivity contribution in [3.8, 4) is 5.75 Å². The molecular weight excluding hydrogens is 276 g/mol. The number of halogens is 2. The van der Waals surface area contributed by atoms with Gasteiger partial charge in [0.25, 0.3) is 5.91 Å². The van der Waals surface area contributed by atoms with E-state index < -0.39 is 23.2 Å². The van der Waals surface area contributed by atoms with Gasteiger partial charge in [-0.1, -0.05) is 18.2 Å². The lowest BCUT2D eigenvalue weighted by molar-refractivity contribution is -0.118. The summed E-state index contributed by atoms with van der Waals surface area (Å²) in [4.78, 5) is 11.7. The van der Waals surface area contributed by atoms with Gasteiger partial charge in [-0.3, -0.25) is 4.79 Å². The zero-order chi connectivity index (χ0) is 15.4. The second kappa shape index (κ2) is 6.35. The molecule has 0 heterocycles. The average molecular weight is 291 g/mol. The van der Waals surface area contributed by atoms with Crippen LogP contribution in [0.15, 0.2) is 36.4 Å². The molecule has 1 N–H and O–H groups in total. The van der Waals surface area contributed by atoms with Crippen molar-refractivity contribution in [2.45, 2.75) is 13.8 Å². The minimum Gasteiger partial charge on any atom is -0.483 e. The Kier molecular flexibility index (Phi) is 4.52. The normalized spacial score (nSPS) is 10.3. The van der Waals surface area contributed by atoms with Crippen LogP contribution in [0.3, 0.4) is 0 Å². The fourth-order valence-electron chi connectivity index (χ4n) is 1.82. The Morgan fingerprint density at radius 3 is 2.38 bits per heavy atom. The number of anilines is 1. The molecule has 5 heteroatoms. The van der Waals surface area contributed by atoms with E-state index in [2.05, 4.69) is 5.32 Å². The summed E-state index contributed by atoms with van der Waals surface area (Å²) in [7, 11) is 0. The molecule has 2 aromatic carbocycles. The Labute approximate surface area is 121 Å². The maximum Gasteiger partial charge on any atom is 0.262 e. The second-order valence-electron chi connectivity index (χ2n) is 4.63. The van der Waals surface area contributed by atoms with Gasteiger partial charge in [0.1, 0.15) is 23.1 Å². The van der Waals surface area contributed by atoms with Crippen molar-refractivity contribution in [3.63, 3.8) is 0 Å². The molecule has 0 aromatic heterocycles. The summed E-state index contributed by atoms with van der Waals surface area (Å²) in [6.07, 6.45) is 0. The standard InChI is InChI=1S/C16H15F2NO2/c1-10-5-3-8-14(11(10)2)21-9-15(20)19-16-12(17)6-4-7-13(16)18/h3-8H,9H2,1-2H3,(H,19,20). The zero-order valence-electron chi connectivity index (χ0n) is 11.7. The molecule has 2 rings (SSSR count). The Bertz CT molecular complexity index is 651. The van der Waals surface area contributed by atoms with Gasteiger partial charge in [0.15, 0.2) is 6.61 Å². The van der Waals surface area contributed by atoms with E-state index in [1.807, 2.05) is 26.0 Å². The van der Waals surface area contributed by atoms with E-state index in [0.29, 0.717) is 5.75 Å². The molecule has 110 valence electrons. The zero-order valence-corrected chi connectivity index (χ0v) is 11.7. The molecule has 0 saturated carbocycles. The summed E-state index contributed by atoms with van der Waals surface area (Å²) in [6, 6.07) is 8.85. The Morgan fingerprint density at radius 1 is 1.10 bits per heavy atom. The predicted octanol–water partition coefficient (Wildman–Crippen LogP) is 3.60. The fraction of sp³-hybridized carbons (Fsp3) is 0.188. The first-order chi connectivity index (χ1) is 9.99. The molecule has 21 heavy (non-hydrogen) atoms. The third kappa shape index (κ3) is 3.56. The van der Waals surface area contributed by atoms with Gasteiger partial charge in [0.05, 0.1) is 0 Å². The van der Waals surface area contributed by atoms with Crippen LogP contribution in [0.5, 0.6) is 5.75 Å². The third-order valence-electron chi connectivity index (χ3n) is 3.14. The Balaban J connectivity index is 2.01. The van der Waals surface area contributed by atoms with E-state index in [0.717, 1.165) is 23.3 Å². The number of aryl methyl sites for hydroxylation is 1. The highest BCUT2D eigenvalue weighted by Gasteiger charge is 2.12. The summed E-state index contributed by atoms with van der Waals surface area (Å²) in [5.74, 6) is -1.70. The van der Waals surface area contributed by atoms with Gasteiger partial charge < -0.3 is 10.1 Å². The number of hydrogen-bond donors (Lipinski definition) is 1. The average Bonchev–Trinajstić information content (AvgIpc) is 2.45. The lowest BCUT2D eigenvalue weighted by Gasteiger charge is -2.11. The van der Waals surface area contributed by atoms with Gasteiger partial charge in [-0.25, -0.2) is 8.78 Å². The molecule has 0 fully saturated rings. The number of benzene rings is 2. The molecule has 2 aromatic rings. The fourth-order valence-corrected chi connectivity index (χ4v) is 1.82. The highest BCUT2D eigenvalue weighted by molar-refractivity contribution is 5.92. The number of carbonyl (C=O) groups excluding carboxylic acids is 1. The van der Waals surface area contributed by atoms with Crippen LogP contribution in [-0.2, 0) is 4.79 Å². The van der Waals surface area contributed by atoms with Crippen LogP contribution in [0.4, 0.5) is 14.5 Å². The monoisotopic (exact) mass is 291 g/mol. The molecule has 0 radical (unpaired) electrons. The van der Waals surface area contributed by atoms with Gasteiger partial charge in [-0.2, -0.15) is 0 Å². The van der Waals surface area contributed by atoms with E-state index in [4.69, 9.17) is 4.74 Å². The van der Waals surface area contributed by atoms with Gasteiger partial charge in [0.2, 0.25) is 0 Å². The van der Waals surface area contributed by atoms with Crippen LogP contribution >= 0.6 is 0 Å². The topological polar surface area (TPSA) is 38.3 Å². The first kappa shape index (κ1) is 15.0. The van der Waals surface area contributed by atoms with Crippen molar-refractivity contribution in [2.75, 3.05) is 11.9 Å². The van der Waals surface area contributed by atoms with Gasteiger partial charge in [-0.05, 0) is 43.2 Å². The van der Waals surface area contributed by atoms with Crippen LogP contribution in [0.2, 0.25) is 0 Å². The molecule has 0 unspecified atom stereocenters. The maximum atomic E-state index is 13.4. The minimum absolute atomic E-state index is 0.321. The molecule has 0 aliphatic carbocycles. The summed E-state index contributed by atoms with van der Waals surface area (Å²) in [5, 5.41) is 2.17. The first-order valence-corrected chi connectivity index (χ1v) is 6.42. The lowest BCUT2D eigenvalue weighted by Crippen LogP contribution is -2.21. The van der Waals surface area contributed by atoms with Crippen molar-refractivity contribution in [3.05, 3.63) is 59.2 Å². The van der Waals surface area contributed by atoms with Crippen molar-refractivity contribution in [2.24, 2.45) is 0 Å². The van der Waals surface area contributed by atoms with Gasteiger partial charge in [-0.15, -0.1) is 0 Å². The summed E-state index contributed by atoms with van der Waals surface area (Å²) in [5.41, 5.74) is 1.49. The SMILES string of the molecule is Cc1cccc(OCC(=O)Nc2c(F)cccc2F)c1C. The van der Waals surface area contributed by atoms with Crippen LogP contribution in [-0.4, -0.2) is 12.5 Å². The molecular formula is C16H15F2NO2. The van der Waals surface area contributed by atoms with Crippen LogP contribution in [0, 0.1) is 25.5 Å². The molecule has 0 spiro atoms. The van der Waals surface area contributed by atoms with Gasteiger partial charge >= 0.3 is 0 Å². The van der Waals surface area contributed by atoms with Crippen molar-refractivity contribution >= 4 is 11.6 Å². The molecule has 0 aliphatic heterocycles. The highest BCUT2D eigenvalue weighted by atomic mass is 19.1. The Hall–Kier alpha value is -2.43. The smallest absolute Gasteiger partial charge is 0.262 e. The summed E-state index contributed by atoms with van der Waals surface area (Å²) in [6.45, 7) is 3.48. The molecule has 1 amide bonds. The lowest BCUT2D eigenvalue weighted by atomic mass is 10.1. The van der Waals surface area contributed by atoms with E-state index >= 15 is 0 Å². The molecule has 3 nitrogen and oxygen atoms in total. The molecule has 0 aliphatic rings. The predicted molar refractivity (Wildman–Crippen MR) is 76.4 cm³/mol. The number of rotatable bonds is 4. The van der Waals surface area contributed by atoms with Crippen LogP contribution < -0.4 is 10.1 Å². The van der Waals surface area contributed by atoms with E-state index in [1.165, 1.54) is 6.07 Å². The number of amides is 1. The number of para-hydroxylation sites is 1. The van der Waals surface area contributed by atoms with E-state index in [1.54, 1.807) is 6.07 Å². The quantitative estimate of drug-likeness (QED) is 0.934. The van der Waals surface area contributed by atoms with Crippen molar-refractivity contribution < 1.29 is 18.3 Å². The molecule has 0 bridgehead atoms. The summed E-state index contributed by atoms with van der Waals surface area (Å²) < 4.78 is 32.2. The van der Waals surface area contributed by atoms with Gasteiger partial charge in [0, 0.05) is 0 Å². The largest absolute Gasteiger partial charge is 0.483 e. The highest BCUT2D eigenvalue weighted by Crippen LogP contribution is 2.21.